The first kappa shape index (κ1) is 15.9. The molecule has 0 bridgehead atoms. The van der Waals surface area contributed by atoms with Crippen LogP contribution in [0, 0.1) is 0 Å². The van der Waals surface area contributed by atoms with E-state index in [-0.39, 0.29) is 5.91 Å². The number of methoxy groups -OCH3 is 1. The second-order valence-electron chi connectivity index (χ2n) is 3.94. The molecule has 7 heteroatoms. The Kier molecular flexibility index (Phi) is 6.27. The molecule has 0 saturated carbocycles. The summed E-state index contributed by atoms with van der Waals surface area (Å²) in [5.41, 5.74) is 6.56. The van der Waals surface area contributed by atoms with Crippen LogP contribution in [0.15, 0.2) is 18.2 Å². The Morgan fingerprint density at radius 2 is 2.26 bits per heavy atom. The van der Waals surface area contributed by atoms with E-state index >= 15 is 0 Å². The van der Waals surface area contributed by atoms with E-state index in [4.69, 9.17) is 22.1 Å². The summed E-state index contributed by atoms with van der Waals surface area (Å²) in [5.74, 6) is -0.0424. The number of ether oxygens (including phenoxy) is 1. The maximum Gasteiger partial charge on any atom is 0.239 e. The molecule has 0 aliphatic rings. The predicted molar refractivity (Wildman–Crippen MR) is 78.8 cm³/mol. The van der Waals surface area contributed by atoms with Crippen LogP contribution in [0.2, 0.25) is 5.02 Å². The highest BCUT2D eigenvalue weighted by molar-refractivity contribution is 7.86. The zero-order chi connectivity index (χ0) is 14.4. The molecule has 106 valence electrons. The first-order valence-corrected chi connectivity index (χ1v) is 7.43. The van der Waals surface area contributed by atoms with E-state index in [9.17, 15) is 9.00 Å². The third-order valence-corrected chi connectivity index (χ3v) is 4.33. The predicted octanol–water partition coefficient (Wildman–Crippen LogP) is 1.64. The molecule has 1 aromatic carbocycles. The lowest BCUT2D eigenvalue weighted by Gasteiger charge is -2.13. The van der Waals surface area contributed by atoms with Crippen molar-refractivity contribution in [3.8, 4) is 0 Å². The zero-order valence-corrected chi connectivity index (χ0v) is 12.4. The number of nitrogens with one attached hydrogen (secondary N) is 1. The first-order chi connectivity index (χ1) is 8.95. The fourth-order valence-electron chi connectivity index (χ4n) is 1.33. The van der Waals surface area contributed by atoms with Crippen molar-refractivity contribution in [1.82, 2.24) is 0 Å². The average molecular weight is 305 g/mol. The highest BCUT2D eigenvalue weighted by atomic mass is 35.5. The molecule has 0 spiro atoms. The third kappa shape index (κ3) is 4.81. The number of nitrogen functional groups attached to an aromatic ring is 1. The van der Waals surface area contributed by atoms with Gasteiger partial charge in [0, 0.05) is 28.7 Å². The Hall–Kier alpha value is -1.11. The summed E-state index contributed by atoms with van der Waals surface area (Å²) in [6, 6.07) is 4.79. The lowest BCUT2D eigenvalue weighted by molar-refractivity contribution is -0.115. The summed E-state index contributed by atoms with van der Waals surface area (Å²) in [4.78, 5) is 11.9. The van der Waals surface area contributed by atoms with Crippen LogP contribution in [0.25, 0.3) is 0 Å². The molecule has 1 amide bonds. The van der Waals surface area contributed by atoms with E-state index in [2.05, 4.69) is 5.32 Å². The lowest BCUT2D eigenvalue weighted by atomic mass is 10.2. The van der Waals surface area contributed by atoms with Crippen LogP contribution in [0.3, 0.4) is 0 Å². The molecule has 0 heterocycles. The van der Waals surface area contributed by atoms with Gasteiger partial charge in [0.2, 0.25) is 5.91 Å². The van der Waals surface area contributed by atoms with E-state index in [1.54, 1.807) is 25.1 Å². The molecule has 0 aliphatic carbocycles. The summed E-state index contributed by atoms with van der Waals surface area (Å²) in [5, 5.41) is 2.45. The van der Waals surface area contributed by atoms with Gasteiger partial charge in [-0.15, -0.1) is 0 Å². The number of rotatable bonds is 6. The van der Waals surface area contributed by atoms with Gasteiger partial charge in [-0.1, -0.05) is 11.6 Å². The Labute approximate surface area is 119 Å². The van der Waals surface area contributed by atoms with Crippen LogP contribution in [-0.4, -0.2) is 34.8 Å². The van der Waals surface area contributed by atoms with Crippen LogP contribution in [0.1, 0.15) is 6.92 Å². The maximum atomic E-state index is 11.9. The SMILES string of the molecule is COCCS(=O)C(C)C(=O)Nc1cc(Cl)ccc1N. The molecule has 0 radical (unpaired) electrons. The lowest BCUT2D eigenvalue weighted by Crippen LogP contribution is -2.31. The van der Waals surface area contributed by atoms with Gasteiger partial charge >= 0.3 is 0 Å². The van der Waals surface area contributed by atoms with Gasteiger partial charge in [0.1, 0.15) is 5.25 Å². The van der Waals surface area contributed by atoms with Crippen molar-refractivity contribution in [2.45, 2.75) is 12.2 Å². The summed E-state index contributed by atoms with van der Waals surface area (Å²) < 4.78 is 16.6. The van der Waals surface area contributed by atoms with E-state index < -0.39 is 16.0 Å². The van der Waals surface area contributed by atoms with E-state index in [0.717, 1.165) is 0 Å². The molecule has 3 N–H and O–H groups in total. The standard InChI is InChI=1S/C12H17ClN2O3S/c1-8(19(17)6-5-18-2)12(16)15-11-7-9(13)3-4-10(11)14/h3-4,7-8H,5-6,14H2,1-2H3,(H,15,16). The molecule has 1 rings (SSSR count). The Morgan fingerprint density at radius 3 is 2.89 bits per heavy atom. The number of anilines is 2. The second kappa shape index (κ2) is 7.47. The Balaban J connectivity index is 2.68. The summed E-state index contributed by atoms with van der Waals surface area (Å²) in [6.07, 6.45) is 0. The van der Waals surface area contributed by atoms with Gasteiger partial charge in [-0.2, -0.15) is 0 Å². The van der Waals surface area contributed by atoms with Crippen molar-refractivity contribution < 1.29 is 13.7 Å². The number of nitrogens with two attached hydrogens (primary N) is 1. The maximum absolute atomic E-state index is 11.9. The average Bonchev–Trinajstić information content (AvgIpc) is 2.39. The van der Waals surface area contributed by atoms with Crippen LogP contribution in [-0.2, 0) is 20.3 Å². The van der Waals surface area contributed by atoms with Gasteiger partial charge in [0.15, 0.2) is 0 Å². The highest BCUT2D eigenvalue weighted by Gasteiger charge is 2.20. The minimum absolute atomic E-state index is 0.316. The summed E-state index contributed by atoms with van der Waals surface area (Å²) >= 11 is 5.83. The van der Waals surface area contributed by atoms with Gasteiger partial charge in [-0.05, 0) is 25.1 Å². The second-order valence-corrected chi connectivity index (χ2v) is 6.25. The number of carbonyl (C=O) groups is 1. The van der Waals surface area contributed by atoms with Crippen molar-refractivity contribution in [3.05, 3.63) is 23.2 Å². The van der Waals surface area contributed by atoms with Crippen LogP contribution >= 0.6 is 11.6 Å². The molecule has 19 heavy (non-hydrogen) atoms. The molecule has 0 fully saturated rings. The number of amides is 1. The molecule has 0 aromatic heterocycles. The van der Waals surface area contributed by atoms with Crippen molar-refractivity contribution in [3.63, 3.8) is 0 Å². The van der Waals surface area contributed by atoms with Gasteiger partial charge < -0.3 is 15.8 Å². The topological polar surface area (TPSA) is 81.4 Å². The normalized spacial score (nSPS) is 13.8. The number of halogens is 1. The first-order valence-electron chi connectivity index (χ1n) is 5.67. The van der Waals surface area contributed by atoms with Gasteiger partial charge in [-0.25, -0.2) is 0 Å². The number of benzene rings is 1. The molecule has 0 aliphatic heterocycles. The molecule has 0 saturated heterocycles. The quantitative estimate of drug-likeness (QED) is 0.783. The molecule has 2 atom stereocenters. The summed E-state index contributed by atoms with van der Waals surface area (Å²) in [6.45, 7) is 1.95. The third-order valence-electron chi connectivity index (χ3n) is 2.53. The zero-order valence-electron chi connectivity index (χ0n) is 10.8. The monoisotopic (exact) mass is 304 g/mol. The Morgan fingerprint density at radius 1 is 1.58 bits per heavy atom. The molecular formula is C12H17ClN2O3S. The number of hydrogen-bond donors (Lipinski definition) is 2. The minimum Gasteiger partial charge on any atom is -0.397 e. The highest BCUT2D eigenvalue weighted by Crippen LogP contribution is 2.23. The van der Waals surface area contributed by atoms with Crippen molar-refractivity contribution in [2.75, 3.05) is 30.5 Å². The molecular weight excluding hydrogens is 288 g/mol. The van der Waals surface area contributed by atoms with Crippen LogP contribution < -0.4 is 11.1 Å². The van der Waals surface area contributed by atoms with E-state index in [1.165, 1.54) is 7.11 Å². The van der Waals surface area contributed by atoms with E-state index in [0.29, 0.717) is 28.8 Å². The van der Waals surface area contributed by atoms with Gasteiger partial charge in [0.05, 0.1) is 18.0 Å². The van der Waals surface area contributed by atoms with Crippen molar-refractivity contribution >= 4 is 39.7 Å². The number of hydrogen-bond acceptors (Lipinski definition) is 4. The van der Waals surface area contributed by atoms with E-state index in [1.807, 2.05) is 0 Å². The largest absolute Gasteiger partial charge is 0.397 e. The summed E-state index contributed by atoms with van der Waals surface area (Å²) in [7, 11) is 0.231. The fourth-order valence-corrected chi connectivity index (χ4v) is 2.49. The number of carbonyl (C=O) groups excluding carboxylic acids is 1. The minimum atomic E-state index is -1.29. The van der Waals surface area contributed by atoms with Crippen LogP contribution in [0.4, 0.5) is 11.4 Å². The smallest absolute Gasteiger partial charge is 0.239 e. The fraction of sp³-hybridized carbons (Fsp3) is 0.417. The van der Waals surface area contributed by atoms with Crippen molar-refractivity contribution in [1.29, 1.82) is 0 Å². The van der Waals surface area contributed by atoms with Crippen molar-refractivity contribution in [2.24, 2.45) is 0 Å². The Bertz CT molecular complexity index is 482. The van der Waals surface area contributed by atoms with Crippen LogP contribution in [0.5, 0.6) is 0 Å². The molecule has 1 aromatic rings. The molecule has 5 nitrogen and oxygen atoms in total. The molecule has 2 unspecified atom stereocenters. The van der Waals surface area contributed by atoms with Gasteiger partial charge in [0.25, 0.3) is 0 Å². The van der Waals surface area contributed by atoms with Gasteiger partial charge in [-0.3, -0.25) is 9.00 Å².